The van der Waals surface area contributed by atoms with Gasteiger partial charge in [-0.2, -0.15) is 15.0 Å². The zero-order chi connectivity index (χ0) is 59.5. The third-order valence-corrected chi connectivity index (χ3v) is 15.0. The fourth-order valence-electron chi connectivity index (χ4n) is 7.66. The van der Waals surface area contributed by atoms with E-state index in [9.17, 15) is 47.0 Å². The number of nitrogens with one attached hydrogen (secondary N) is 4. The van der Waals surface area contributed by atoms with Gasteiger partial charge < -0.3 is 42.8 Å². The SMILES string of the molecule is CC(C)(C)OC(=O)NC(C)(C)C(=O)Oc1cc(F)ccc1/C=C1/SC(N2CCCCN2)=NC1=O.CC(C)([NH3+])C(=O)Oc1cc(F)ccc1/C=C1/SC(N2CCCCN2)=NC1=O.O=C1N=C(N2CCCCN2)S/C1=C\c1ccc(F)cc1O.[Cl-]. The molecular formula is C55H65ClF3N11O10S3. The molecule has 8 N–H and O–H groups in total. The fraction of sp³-hybridized carbons (Fsp3) is 0.400. The molecule has 0 saturated carbocycles. The van der Waals surface area contributed by atoms with Crippen molar-refractivity contribution >= 4 is 105 Å². The molecule has 0 spiro atoms. The number of hydrogen-bond donors (Lipinski definition) is 6. The van der Waals surface area contributed by atoms with Crippen molar-refractivity contribution in [2.45, 2.75) is 104 Å². The van der Waals surface area contributed by atoms with Crippen molar-refractivity contribution in [2.75, 3.05) is 39.3 Å². The van der Waals surface area contributed by atoms with Gasteiger partial charge in [-0.05, 0) is 163 Å². The molecule has 28 heteroatoms. The lowest BCUT2D eigenvalue weighted by Crippen LogP contribution is -3.00. The van der Waals surface area contributed by atoms with Crippen LogP contribution >= 0.6 is 35.3 Å². The molecule has 0 aromatic heterocycles. The molecule has 3 fully saturated rings. The summed E-state index contributed by atoms with van der Waals surface area (Å²) < 4.78 is 56.5. The quantitative estimate of drug-likeness (QED) is 0.106. The summed E-state index contributed by atoms with van der Waals surface area (Å²) in [5.74, 6) is -4.49. The predicted molar refractivity (Wildman–Crippen MR) is 308 cm³/mol. The number of phenolic OH excluding ortho intramolecular Hbond substituents is 1. The molecule has 0 atom stereocenters. The average molecular weight is 1230 g/mol. The number of quaternary nitrogens is 1. The van der Waals surface area contributed by atoms with Crippen LogP contribution in [0.2, 0.25) is 0 Å². The van der Waals surface area contributed by atoms with Gasteiger partial charge in [0.1, 0.15) is 45.8 Å². The highest BCUT2D eigenvalue weighted by molar-refractivity contribution is 8.19. The van der Waals surface area contributed by atoms with E-state index >= 15 is 0 Å². The van der Waals surface area contributed by atoms with Gasteiger partial charge in [0, 0.05) is 88.0 Å². The molecule has 4 amide bonds. The Hall–Kier alpha value is -6.72. The summed E-state index contributed by atoms with van der Waals surface area (Å²) in [4.78, 5) is 87.0. The van der Waals surface area contributed by atoms with Crippen LogP contribution in [-0.2, 0) is 28.7 Å². The number of ether oxygens (including phenoxy) is 3. The van der Waals surface area contributed by atoms with Gasteiger partial charge in [0.25, 0.3) is 17.7 Å². The number of hydrazine groups is 3. The van der Waals surface area contributed by atoms with Crippen molar-refractivity contribution in [3.63, 3.8) is 0 Å². The van der Waals surface area contributed by atoms with Crippen molar-refractivity contribution in [1.82, 2.24) is 36.6 Å². The van der Waals surface area contributed by atoms with Crippen LogP contribution < -0.4 is 49.2 Å². The van der Waals surface area contributed by atoms with Crippen LogP contribution in [0.5, 0.6) is 17.2 Å². The van der Waals surface area contributed by atoms with Crippen LogP contribution in [0.3, 0.4) is 0 Å². The molecule has 9 rings (SSSR count). The van der Waals surface area contributed by atoms with Crippen LogP contribution in [0.15, 0.2) is 84.3 Å². The second-order valence-electron chi connectivity index (χ2n) is 21.2. The monoisotopic (exact) mass is 1230 g/mol. The maximum atomic E-state index is 14.0. The molecule has 6 aliphatic rings. The number of esters is 2. The van der Waals surface area contributed by atoms with Gasteiger partial charge in [0.05, 0.1) is 14.7 Å². The van der Waals surface area contributed by atoms with E-state index in [1.807, 2.05) is 15.0 Å². The molecule has 21 nitrogen and oxygen atoms in total. The first-order chi connectivity index (χ1) is 38.7. The number of rotatable bonds is 8. The van der Waals surface area contributed by atoms with Crippen LogP contribution in [0.25, 0.3) is 18.2 Å². The smallest absolute Gasteiger partial charge is 0.408 e. The fourth-order valence-corrected chi connectivity index (χ4v) is 10.4. The second kappa shape index (κ2) is 28.7. The van der Waals surface area contributed by atoms with E-state index in [1.54, 1.807) is 40.7 Å². The lowest BCUT2D eigenvalue weighted by molar-refractivity contribution is -0.449. The van der Waals surface area contributed by atoms with E-state index in [4.69, 9.17) is 14.2 Å². The van der Waals surface area contributed by atoms with E-state index in [2.05, 4.69) is 42.3 Å². The minimum absolute atomic E-state index is 0. The Kier molecular flexibility index (Phi) is 22.6. The maximum Gasteiger partial charge on any atom is 0.408 e. The summed E-state index contributed by atoms with van der Waals surface area (Å²) in [6.07, 6.45) is 10.1. The van der Waals surface area contributed by atoms with Crippen molar-refractivity contribution in [3.8, 4) is 17.2 Å². The lowest BCUT2D eigenvalue weighted by Gasteiger charge is -2.28. The summed E-state index contributed by atoms with van der Waals surface area (Å²) in [7, 11) is 0. The normalized spacial score (nSPS) is 19.0. The van der Waals surface area contributed by atoms with Crippen LogP contribution in [0.4, 0.5) is 18.0 Å². The third-order valence-electron chi connectivity index (χ3n) is 11.9. The van der Waals surface area contributed by atoms with Crippen molar-refractivity contribution in [2.24, 2.45) is 15.0 Å². The van der Waals surface area contributed by atoms with Crippen molar-refractivity contribution in [3.05, 3.63) is 103 Å². The number of benzene rings is 3. The Morgan fingerprint density at radius 3 is 1.30 bits per heavy atom. The van der Waals surface area contributed by atoms with Gasteiger partial charge in [-0.15, -0.1) is 0 Å². The lowest BCUT2D eigenvalue weighted by atomic mass is 10.1. The van der Waals surface area contributed by atoms with Crippen LogP contribution in [0, 0.1) is 17.5 Å². The van der Waals surface area contributed by atoms with Crippen LogP contribution in [-0.4, -0.2) is 127 Å². The number of amides is 4. The number of nitrogens with zero attached hydrogens (tertiary/aromatic N) is 6. The predicted octanol–water partition coefficient (Wildman–Crippen LogP) is 4.03. The van der Waals surface area contributed by atoms with Gasteiger partial charge in [0.2, 0.25) is 0 Å². The van der Waals surface area contributed by atoms with E-state index in [1.165, 1.54) is 97.7 Å². The number of aliphatic imine (C=N–C) groups is 3. The van der Waals surface area contributed by atoms with E-state index < -0.39 is 58.1 Å². The van der Waals surface area contributed by atoms with Crippen molar-refractivity contribution in [1.29, 1.82) is 0 Å². The minimum Gasteiger partial charge on any atom is -1.00 e. The van der Waals surface area contributed by atoms with Gasteiger partial charge in [-0.25, -0.2) is 43.8 Å². The summed E-state index contributed by atoms with van der Waals surface area (Å²) in [5.41, 5.74) is 11.3. The molecule has 0 unspecified atom stereocenters. The minimum atomic E-state index is -1.47. The van der Waals surface area contributed by atoms with Gasteiger partial charge in [-0.3, -0.25) is 29.4 Å². The molecule has 3 aromatic carbocycles. The average Bonchev–Trinajstić information content (AvgIpc) is 4.31. The zero-order valence-electron chi connectivity index (χ0n) is 46.7. The van der Waals surface area contributed by atoms with Gasteiger partial charge in [0.15, 0.2) is 21.0 Å². The first kappa shape index (κ1) is 65.4. The number of thioether (sulfide) groups is 3. The van der Waals surface area contributed by atoms with Crippen molar-refractivity contribution < 1.29 is 79.4 Å². The molecule has 83 heavy (non-hydrogen) atoms. The number of halogens is 4. The van der Waals surface area contributed by atoms with E-state index in [0.29, 0.717) is 46.9 Å². The summed E-state index contributed by atoms with van der Waals surface area (Å²) in [6, 6.07) is 11.2. The number of hydrogen-bond acceptors (Lipinski definition) is 19. The number of carbonyl (C=O) groups is 6. The number of aromatic hydroxyl groups is 1. The second-order valence-corrected chi connectivity index (χ2v) is 24.2. The maximum absolute atomic E-state index is 14.0. The first-order valence-electron chi connectivity index (χ1n) is 26.2. The zero-order valence-corrected chi connectivity index (χ0v) is 49.9. The molecule has 3 aromatic rings. The largest absolute Gasteiger partial charge is 1.00 e. The molecule has 6 aliphatic heterocycles. The summed E-state index contributed by atoms with van der Waals surface area (Å²) in [5, 5.41) is 19.5. The molecule has 446 valence electrons. The molecule has 6 heterocycles. The number of alkyl carbamates (subject to hydrolysis) is 1. The Morgan fingerprint density at radius 2 is 0.952 bits per heavy atom. The molecular weight excluding hydrogens is 1160 g/mol. The Labute approximate surface area is 496 Å². The number of phenols is 1. The highest BCUT2D eigenvalue weighted by atomic mass is 35.5. The molecule has 0 radical (unpaired) electrons. The summed E-state index contributed by atoms with van der Waals surface area (Å²) in [6.45, 7) is 16.0. The highest BCUT2D eigenvalue weighted by Crippen LogP contribution is 2.36. The molecule has 3 saturated heterocycles. The van der Waals surface area contributed by atoms with Gasteiger partial charge >= 0.3 is 18.0 Å². The topological polar surface area (TPSA) is 273 Å². The van der Waals surface area contributed by atoms with E-state index in [-0.39, 0.29) is 41.5 Å². The Bertz CT molecular complexity index is 3170. The third kappa shape index (κ3) is 18.9. The van der Waals surface area contributed by atoms with E-state index in [0.717, 1.165) is 96.0 Å². The number of amidine groups is 3. The Balaban J connectivity index is 0.000000204. The standard InChI is InChI=1S/C23H29FN4O5S.C18H21FN4O3S.C14H14FN3O2S.ClH/c1-22(2,3)33-21(31)27-23(4,5)19(30)32-16-13-15(24)9-8-14(16)12-17-18(29)26-20(34-17)28-11-7-6-10-25-28;1-18(2,20)16(25)26-13-10-12(19)6-5-11(13)9-14-15(24)22-17(27-14)23-8-4-3-7-21-23;15-10-4-3-9(11(19)8-10)7-12-13(20)17-14(21-12)18-6-2-1-5-16-18;/h8-9,12-13,25H,6-7,10-11H2,1-5H3,(H,27,31);5-6,9-10,21H,3-4,7-8,20H2,1-2H3;3-4,7-8,16,19H,1-2,5-6H2;1H/b17-12+;14-9+;12-7-;. The van der Waals surface area contributed by atoms with Gasteiger partial charge in [-0.1, -0.05) is 0 Å². The first-order valence-corrected chi connectivity index (χ1v) is 28.7. The van der Waals surface area contributed by atoms with Crippen LogP contribution in [0.1, 0.15) is 104 Å². The number of carbonyl (C=O) groups excluding carboxylic acids is 6. The molecule has 0 bridgehead atoms. The molecule has 0 aliphatic carbocycles. The highest BCUT2D eigenvalue weighted by Gasteiger charge is 2.36. The Morgan fingerprint density at radius 1 is 0.590 bits per heavy atom. The summed E-state index contributed by atoms with van der Waals surface area (Å²) >= 11 is 3.68.